The molecule has 0 saturated carbocycles. The molecule has 0 aliphatic carbocycles. The van der Waals surface area contributed by atoms with Crippen LogP contribution in [0.5, 0.6) is 0 Å². The molecule has 0 spiro atoms. The van der Waals surface area contributed by atoms with E-state index in [9.17, 15) is 4.79 Å². The molecule has 0 aliphatic rings. The van der Waals surface area contributed by atoms with Gasteiger partial charge in [0.1, 0.15) is 13.1 Å². The highest BCUT2D eigenvalue weighted by molar-refractivity contribution is 7.19. The minimum Gasteiger partial charge on any atom is -0.390 e. The summed E-state index contributed by atoms with van der Waals surface area (Å²) in [5.41, 5.74) is 13.4. The smallest absolute Gasteiger partial charge is 0.251 e. The SMILES string of the molecule is C[Si](C)(C)CCOCn1cnc(-c2ccc(-c3cc(C(N)=O)c(N)s3)cc2)n1. The first-order chi connectivity index (χ1) is 13.2. The van der Waals surface area contributed by atoms with Gasteiger partial charge in [0.15, 0.2) is 5.82 Å². The molecule has 2 aromatic heterocycles. The first kappa shape index (κ1) is 20.2. The lowest BCUT2D eigenvalue weighted by molar-refractivity contribution is 0.0785. The average molecular weight is 416 g/mol. The molecule has 0 unspecified atom stereocenters. The Hall–Kier alpha value is -2.49. The number of carbonyl (C=O) groups excluding carboxylic acids is 1. The number of aromatic nitrogens is 3. The monoisotopic (exact) mass is 415 g/mol. The third kappa shape index (κ3) is 5.06. The molecule has 3 rings (SSSR count). The van der Waals surface area contributed by atoms with E-state index in [1.54, 1.807) is 17.1 Å². The fraction of sp³-hybridized carbons (Fsp3) is 0.316. The van der Waals surface area contributed by atoms with Gasteiger partial charge in [-0.15, -0.1) is 16.4 Å². The predicted molar refractivity (Wildman–Crippen MR) is 116 cm³/mol. The maximum Gasteiger partial charge on any atom is 0.251 e. The second-order valence-electron chi connectivity index (χ2n) is 7.79. The summed E-state index contributed by atoms with van der Waals surface area (Å²) in [6.45, 7) is 8.13. The summed E-state index contributed by atoms with van der Waals surface area (Å²) in [6, 6.07) is 10.7. The van der Waals surface area contributed by atoms with Crippen LogP contribution in [0.2, 0.25) is 25.7 Å². The molecule has 1 amide bonds. The Labute approximate surface area is 169 Å². The molecule has 0 bridgehead atoms. The summed E-state index contributed by atoms with van der Waals surface area (Å²) in [7, 11) is -1.09. The quantitative estimate of drug-likeness (QED) is 0.431. The zero-order valence-corrected chi connectivity index (χ0v) is 18.1. The van der Waals surface area contributed by atoms with E-state index in [0.29, 0.717) is 23.1 Å². The number of hydrogen-bond donors (Lipinski definition) is 2. The number of nitrogens with two attached hydrogens (primary N) is 2. The van der Waals surface area contributed by atoms with Crippen molar-refractivity contribution >= 4 is 30.3 Å². The van der Waals surface area contributed by atoms with Crippen molar-refractivity contribution in [2.75, 3.05) is 12.3 Å². The number of ether oxygens (including phenoxy) is 1. The Balaban J connectivity index is 1.65. The fourth-order valence-corrected chi connectivity index (χ4v) is 4.24. The maximum atomic E-state index is 11.4. The second-order valence-corrected chi connectivity index (χ2v) is 14.5. The highest BCUT2D eigenvalue weighted by Crippen LogP contribution is 2.34. The maximum absolute atomic E-state index is 11.4. The van der Waals surface area contributed by atoms with Crippen molar-refractivity contribution in [2.24, 2.45) is 5.73 Å². The molecular weight excluding hydrogens is 390 g/mol. The van der Waals surface area contributed by atoms with Gasteiger partial charge in [0, 0.05) is 25.1 Å². The zero-order chi connectivity index (χ0) is 20.3. The first-order valence-electron chi connectivity index (χ1n) is 9.00. The lowest BCUT2D eigenvalue weighted by Crippen LogP contribution is -2.22. The first-order valence-corrected chi connectivity index (χ1v) is 13.5. The number of benzene rings is 1. The minimum atomic E-state index is -1.09. The standard InChI is InChI=1S/C19H25N5O2SSi/c1-28(2,3)9-8-26-12-24-11-22-19(23-24)14-6-4-13(5-7-14)16-10-15(17(20)25)18(21)27-16/h4-7,10-11H,8-9,12,21H2,1-3H3,(H2,20,25). The van der Waals surface area contributed by atoms with Crippen LogP contribution in [0.3, 0.4) is 0 Å². The number of nitrogen functional groups attached to an aromatic ring is 1. The van der Waals surface area contributed by atoms with Crippen molar-refractivity contribution in [2.45, 2.75) is 32.4 Å². The van der Waals surface area contributed by atoms with Gasteiger partial charge in [0.2, 0.25) is 0 Å². The Kier molecular flexibility index (Phi) is 5.97. The van der Waals surface area contributed by atoms with Gasteiger partial charge in [-0.3, -0.25) is 4.79 Å². The molecule has 4 N–H and O–H groups in total. The van der Waals surface area contributed by atoms with Gasteiger partial charge in [-0.25, -0.2) is 9.67 Å². The van der Waals surface area contributed by atoms with E-state index in [4.69, 9.17) is 16.2 Å². The van der Waals surface area contributed by atoms with Gasteiger partial charge in [0.25, 0.3) is 5.91 Å². The van der Waals surface area contributed by atoms with Crippen molar-refractivity contribution in [1.82, 2.24) is 14.8 Å². The summed E-state index contributed by atoms with van der Waals surface area (Å²) in [5.74, 6) is 0.127. The van der Waals surface area contributed by atoms with Crippen molar-refractivity contribution in [1.29, 1.82) is 0 Å². The summed E-state index contributed by atoms with van der Waals surface area (Å²) < 4.78 is 7.40. The highest BCUT2D eigenvalue weighted by atomic mass is 32.1. The molecule has 0 fully saturated rings. The Morgan fingerprint density at radius 2 is 1.89 bits per heavy atom. The van der Waals surface area contributed by atoms with Gasteiger partial charge in [0.05, 0.1) is 10.6 Å². The van der Waals surface area contributed by atoms with Gasteiger partial charge in [-0.1, -0.05) is 43.9 Å². The van der Waals surface area contributed by atoms with Crippen molar-refractivity contribution in [3.63, 3.8) is 0 Å². The highest BCUT2D eigenvalue weighted by Gasteiger charge is 2.14. The molecule has 0 atom stereocenters. The Morgan fingerprint density at radius 1 is 1.21 bits per heavy atom. The van der Waals surface area contributed by atoms with Crippen LogP contribution < -0.4 is 11.5 Å². The van der Waals surface area contributed by atoms with Crippen molar-refractivity contribution in [3.8, 4) is 21.8 Å². The molecule has 0 aliphatic heterocycles. The van der Waals surface area contributed by atoms with E-state index in [1.807, 2.05) is 24.3 Å². The molecule has 9 heteroatoms. The molecule has 28 heavy (non-hydrogen) atoms. The Morgan fingerprint density at radius 3 is 2.50 bits per heavy atom. The lowest BCUT2D eigenvalue weighted by Gasteiger charge is -2.15. The van der Waals surface area contributed by atoms with E-state index in [2.05, 4.69) is 29.7 Å². The molecular formula is C19H25N5O2SSi. The van der Waals surface area contributed by atoms with Crippen LogP contribution in [0, 0.1) is 0 Å². The van der Waals surface area contributed by atoms with Gasteiger partial charge in [-0.05, 0) is 17.7 Å². The van der Waals surface area contributed by atoms with E-state index in [0.717, 1.165) is 28.7 Å². The number of thiophene rings is 1. The molecule has 0 saturated heterocycles. The summed E-state index contributed by atoms with van der Waals surface area (Å²) >= 11 is 1.34. The van der Waals surface area contributed by atoms with Gasteiger partial charge < -0.3 is 16.2 Å². The average Bonchev–Trinajstić information content (AvgIpc) is 3.25. The van der Waals surface area contributed by atoms with Crippen molar-refractivity contribution < 1.29 is 9.53 Å². The fourth-order valence-electron chi connectivity index (χ4n) is 2.55. The Bertz CT molecular complexity index is 960. The number of carbonyl (C=O) groups is 1. The van der Waals surface area contributed by atoms with Crippen LogP contribution in [-0.4, -0.2) is 35.4 Å². The minimum absolute atomic E-state index is 0.360. The van der Waals surface area contributed by atoms with Crippen LogP contribution in [0.25, 0.3) is 21.8 Å². The largest absolute Gasteiger partial charge is 0.390 e. The van der Waals surface area contributed by atoms with Crippen molar-refractivity contribution in [3.05, 3.63) is 42.2 Å². The number of anilines is 1. The number of nitrogens with zero attached hydrogens (tertiary/aromatic N) is 3. The van der Waals surface area contributed by atoms with Gasteiger partial charge in [-0.2, -0.15) is 0 Å². The van der Waals surface area contributed by atoms with E-state index in [-0.39, 0.29) is 0 Å². The normalized spacial score (nSPS) is 11.7. The number of amides is 1. The topological polar surface area (TPSA) is 109 Å². The van der Waals surface area contributed by atoms with Crippen LogP contribution in [0.1, 0.15) is 10.4 Å². The molecule has 7 nitrogen and oxygen atoms in total. The van der Waals surface area contributed by atoms with Crippen LogP contribution >= 0.6 is 11.3 Å². The molecule has 148 valence electrons. The molecule has 1 aromatic carbocycles. The summed E-state index contributed by atoms with van der Waals surface area (Å²) in [4.78, 5) is 16.6. The molecule has 3 aromatic rings. The van der Waals surface area contributed by atoms with Crippen LogP contribution in [-0.2, 0) is 11.5 Å². The number of rotatable bonds is 8. The van der Waals surface area contributed by atoms with Crippen LogP contribution in [0.4, 0.5) is 5.00 Å². The number of hydrogen-bond acceptors (Lipinski definition) is 6. The second kappa shape index (κ2) is 8.25. The van der Waals surface area contributed by atoms with E-state index >= 15 is 0 Å². The van der Waals surface area contributed by atoms with Gasteiger partial charge >= 0.3 is 0 Å². The zero-order valence-electron chi connectivity index (χ0n) is 16.3. The van der Waals surface area contributed by atoms with E-state index < -0.39 is 14.0 Å². The van der Waals surface area contributed by atoms with Crippen LogP contribution in [0.15, 0.2) is 36.7 Å². The third-order valence-electron chi connectivity index (χ3n) is 4.21. The summed E-state index contributed by atoms with van der Waals surface area (Å²) in [6.07, 6.45) is 1.68. The summed E-state index contributed by atoms with van der Waals surface area (Å²) in [5, 5.41) is 4.90. The molecule has 0 radical (unpaired) electrons. The lowest BCUT2D eigenvalue weighted by atomic mass is 10.1. The molecule has 2 heterocycles. The third-order valence-corrected chi connectivity index (χ3v) is 6.93. The van der Waals surface area contributed by atoms with E-state index in [1.165, 1.54) is 11.3 Å². The predicted octanol–water partition coefficient (Wildman–Crippen LogP) is 3.67. The number of primary amides is 1.